The second kappa shape index (κ2) is 6.23. The third kappa shape index (κ3) is 2.81. The molecule has 0 spiro atoms. The van der Waals surface area contributed by atoms with E-state index in [0.29, 0.717) is 24.2 Å². The number of rotatable bonds is 5. The topological polar surface area (TPSA) is 57.0 Å². The molecule has 0 atom stereocenters. The van der Waals surface area contributed by atoms with E-state index in [1.807, 2.05) is 0 Å². The Bertz CT molecular complexity index is 613. The second-order valence-electron chi connectivity index (χ2n) is 4.06. The van der Waals surface area contributed by atoms with Crippen molar-refractivity contribution in [2.45, 2.75) is 13.0 Å². The minimum absolute atomic E-state index is 0.187. The molecule has 2 aromatic rings. The summed E-state index contributed by atoms with van der Waals surface area (Å²) in [4.78, 5) is 11.6. The van der Waals surface area contributed by atoms with Crippen molar-refractivity contribution in [3.05, 3.63) is 35.8 Å². The molecule has 0 N–H and O–H groups in total. The van der Waals surface area contributed by atoms with Crippen molar-refractivity contribution in [2.24, 2.45) is 0 Å². The van der Waals surface area contributed by atoms with Crippen molar-refractivity contribution in [2.75, 3.05) is 13.8 Å². The van der Waals surface area contributed by atoms with Gasteiger partial charge in [-0.1, -0.05) is 17.3 Å². The van der Waals surface area contributed by atoms with E-state index in [2.05, 4.69) is 15.0 Å². The third-order valence-corrected chi connectivity index (χ3v) is 2.74. The normalized spacial score (nSPS) is 10.6. The standard InChI is InChI=1S/C13H13F2N3O2/c1-20-13(19)12-9(4-2-5-10(12)15)11-8-18(17-16-11)7-3-6-14/h2,4-5,8H,3,6-7H2,1H3. The average Bonchev–Trinajstić information content (AvgIpc) is 2.92. The van der Waals surface area contributed by atoms with Crippen LogP contribution < -0.4 is 0 Å². The van der Waals surface area contributed by atoms with Gasteiger partial charge in [0.05, 0.1) is 20.0 Å². The Morgan fingerprint density at radius 3 is 2.95 bits per heavy atom. The van der Waals surface area contributed by atoms with Gasteiger partial charge in [-0.25, -0.2) is 9.18 Å². The van der Waals surface area contributed by atoms with Gasteiger partial charge >= 0.3 is 5.97 Å². The first-order valence-corrected chi connectivity index (χ1v) is 6.00. The fourth-order valence-electron chi connectivity index (χ4n) is 1.80. The molecule has 0 radical (unpaired) electrons. The summed E-state index contributed by atoms with van der Waals surface area (Å²) in [6.07, 6.45) is 1.85. The number of nitrogens with zero attached hydrogens (tertiary/aromatic N) is 3. The first-order chi connectivity index (χ1) is 9.67. The number of methoxy groups -OCH3 is 1. The molecule has 20 heavy (non-hydrogen) atoms. The number of benzene rings is 1. The molecule has 1 aromatic carbocycles. The van der Waals surface area contributed by atoms with E-state index in [4.69, 9.17) is 0 Å². The molecule has 0 bridgehead atoms. The Morgan fingerprint density at radius 1 is 1.45 bits per heavy atom. The van der Waals surface area contributed by atoms with Crippen LogP contribution in [0.2, 0.25) is 0 Å². The van der Waals surface area contributed by atoms with Gasteiger partial charge in [-0.2, -0.15) is 0 Å². The van der Waals surface area contributed by atoms with Crippen LogP contribution >= 0.6 is 0 Å². The number of carbonyl (C=O) groups excluding carboxylic acids is 1. The third-order valence-electron chi connectivity index (χ3n) is 2.74. The van der Waals surface area contributed by atoms with Crippen LogP contribution in [-0.2, 0) is 11.3 Å². The molecule has 7 heteroatoms. The van der Waals surface area contributed by atoms with E-state index < -0.39 is 18.5 Å². The van der Waals surface area contributed by atoms with Crippen molar-refractivity contribution in [3.8, 4) is 11.3 Å². The SMILES string of the molecule is COC(=O)c1c(F)cccc1-c1cn(CCCF)nn1. The molecule has 0 amide bonds. The molecule has 5 nitrogen and oxygen atoms in total. The fraction of sp³-hybridized carbons (Fsp3) is 0.308. The maximum Gasteiger partial charge on any atom is 0.341 e. The lowest BCUT2D eigenvalue weighted by Gasteiger charge is -2.05. The molecule has 0 unspecified atom stereocenters. The maximum absolute atomic E-state index is 13.8. The number of alkyl halides is 1. The van der Waals surface area contributed by atoms with Gasteiger partial charge in [0.15, 0.2) is 0 Å². The number of halogens is 2. The first kappa shape index (κ1) is 14.1. The van der Waals surface area contributed by atoms with Gasteiger partial charge in [0.1, 0.15) is 17.1 Å². The van der Waals surface area contributed by atoms with Gasteiger partial charge in [-0.05, 0) is 12.5 Å². The highest BCUT2D eigenvalue weighted by Crippen LogP contribution is 2.24. The lowest BCUT2D eigenvalue weighted by Crippen LogP contribution is -2.06. The highest BCUT2D eigenvalue weighted by molar-refractivity contribution is 5.96. The molecule has 0 aliphatic carbocycles. The molecule has 0 saturated carbocycles. The van der Waals surface area contributed by atoms with Crippen LogP contribution in [0.3, 0.4) is 0 Å². The van der Waals surface area contributed by atoms with Gasteiger partial charge in [0, 0.05) is 12.1 Å². The summed E-state index contributed by atoms with van der Waals surface area (Å²) in [6.45, 7) is -0.0884. The molecule has 0 fully saturated rings. The first-order valence-electron chi connectivity index (χ1n) is 6.00. The molecule has 1 heterocycles. The Kier molecular flexibility index (Phi) is 4.39. The van der Waals surface area contributed by atoms with Gasteiger partial charge in [-0.3, -0.25) is 9.07 Å². The molecule has 0 aliphatic heterocycles. The maximum atomic E-state index is 13.8. The minimum atomic E-state index is -0.781. The lowest BCUT2D eigenvalue weighted by molar-refractivity contribution is 0.0596. The van der Waals surface area contributed by atoms with Crippen LogP contribution in [0.4, 0.5) is 8.78 Å². The van der Waals surface area contributed by atoms with Crippen molar-refractivity contribution in [1.82, 2.24) is 15.0 Å². The molecule has 1 aromatic heterocycles. The number of ether oxygens (including phenoxy) is 1. The smallest absolute Gasteiger partial charge is 0.341 e. The second-order valence-corrected chi connectivity index (χ2v) is 4.06. The van der Waals surface area contributed by atoms with Gasteiger partial charge in [0.2, 0.25) is 0 Å². The summed E-state index contributed by atoms with van der Waals surface area (Å²) in [7, 11) is 1.18. The highest BCUT2D eigenvalue weighted by atomic mass is 19.1. The van der Waals surface area contributed by atoms with Crippen LogP contribution in [0.5, 0.6) is 0 Å². The molecule has 0 saturated heterocycles. The summed E-state index contributed by atoms with van der Waals surface area (Å²) in [6, 6.07) is 4.19. The van der Waals surface area contributed by atoms with Crippen LogP contribution in [0.25, 0.3) is 11.3 Å². The van der Waals surface area contributed by atoms with Crippen LogP contribution in [-0.4, -0.2) is 34.7 Å². The van der Waals surface area contributed by atoms with Crippen LogP contribution in [0, 0.1) is 5.82 Å². The Hall–Kier alpha value is -2.31. The Balaban J connectivity index is 2.39. The van der Waals surface area contributed by atoms with E-state index in [1.165, 1.54) is 30.1 Å². The van der Waals surface area contributed by atoms with E-state index in [1.54, 1.807) is 6.07 Å². The Morgan fingerprint density at radius 2 is 2.25 bits per heavy atom. The lowest BCUT2D eigenvalue weighted by atomic mass is 10.0. The molecule has 2 rings (SSSR count). The van der Waals surface area contributed by atoms with Crippen LogP contribution in [0.15, 0.2) is 24.4 Å². The number of aryl methyl sites for hydroxylation is 1. The summed E-state index contributed by atoms with van der Waals surface area (Å²) in [5.41, 5.74) is 0.444. The number of hydrogen-bond acceptors (Lipinski definition) is 4. The number of carbonyl (C=O) groups is 1. The van der Waals surface area contributed by atoms with Crippen molar-refractivity contribution in [3.63, 3.8) is 0 Å². The highest BCUT2D eigenvalue weighted by Gasteiger charge is 2.20. The number of esters is 1. The van der Waals surface area contributed by atoms with Gasteiger partial charge in [-0.15, -0.1) is 5.10 Å². The Labute approximate surface area is 114 Å². The zero-order valence-electron chi connectivity index (χ0n) is 10.8. The van der Waals surface area contributed by atoms with Crippen molar-refractivity contribution < 1.29 is 18.3 Å². The van der Waals surface area contributed by atoms with Crippen LogP contribution in [0.1, 0.15) is 16.8 Å². The van der Waals surface area contributed by atoms with Crippen molar-refractivity contribution >= 4 is 5.97 Å². The predicted molar refractivity (Wildman–Crippen MR) is 67.3 cm³/mol. The zero-order chi connectivity index (χ0) is 14.5. The number of aromatic nitrogens is 3. The zero-order valence-corrected chi connectivity index (χ0v) is 10.8. The van der Waals surface area contributed by atoms with E-state index >= 15 is 0 Å². The largest absolute Gasteiger partial charge is 0.465 e. The fourth-order valence-corrected chi connectivity index (χ4v) is 1.80. The van der Waals surface area contributed by atoms with E-state index in [9.17, 15) is 13.6 Å². The summed E-state index contributed by atoms with van der Waals surface area (Å²) < 4.78 is 31.9. The van der Waals surface area contributed by atoms with E-state index in [0.717, 1.165) is 0 Å². The molecule has 0 aliphatic rings. The van der Waals surface area contributed by atoms with Crippen molar-refractivity contribution in [1.29, 1.82) is 0 Å². The minimum Gasteiger partial charge on any atom is -0.465 e. The monoisotopic (exact) mass is 281 g/mol. The summed E-state index contributed by atoms with van der Waals surface area (Å²) >= 11 is 0. The van der Waals surface area contributed by atoms with Gasteiger partial charge in [0.25, 0.3) is 0 Å². The predicted octanol–water partition coefficient (Wildman–Crippen LogP) is 2.23. The average molecular weight is 281 g/mol. The quantitative estimate of drug-likeness (QED) is 0.789. The summed E-state index contributed by atoms with van der Waals surface area (Å²) in [5.74, 6) is -1.47. The molecule has 106 valence electrons. The number of hydrogen-bond donors (Lipinski definition) is 0. The summed E-state index contributed by atoms with van der Waals surface area (Å²) in [5, 5.41) is 7.69. The van der Waals surface area contributed by atoms with E-state index in [-0.39, 0.29) is 5.56 Å². The van der Waals surface area contributed by atoms with Gasteiger partial charge < -0.3 is 4.74 Å². The molecular weight excluding hydrogens is 268 g/mol. The molecular formula is C13H13F2N3O2.